The lowest BCUT2D eigenvalue weighted by Crippen LogP contribution is -1.87. The van der Waals surface area contributed by atoms with Crippen molar-refractivity contribution >= 4 is 22.6 Å². The zero-order valence-electron chi connectivity index (χ0n) is 5.42. The highest BCUT2D eigenvalue weighted by Gasteiger charge is 1.83. The van der Waals surface area contributed by atoms with E-state index in [1.54, 1.807) is 4.99 Å². The van der Waals surface area contributed by atoms with Crippen molar-refractivity contribution in [2.45, 2.75) is 13.0 Å². The summed E-state index contributed by atoms with van der Waals surface area (Å²) in [7, 11) is 0. The molecule has 0 rings (SSSR count). The van der Waals surface area contributed by atoms with E-state index in [4.69, 9.17) is 0 Å². The molecule has 2 heteroatoms. The van der Waals surface area contributed by atoms with Crippen LogP contribution < -0.4 is 0 Å². The van der Waals surface area contributed by atoms with Gasteiger partial charge in [-0.05, 0) is 18.6 Å². The maximum Gasteiger partial charge on any atom is 0.0647 e. The molecule has 1 nitrogen and oxygen atoms in total. The molecular formula is C7H10BrN. The molecule has 0 aromatic rings. The predicted molar refractivity (Wildman–Crippen MR) is 46.2 cm³/mol. The molecule has 0 amide bonds. The van der Waals surface area contributed by atoms with Gasteiger partial charge in [0, 0.05) is 0 Å². The van der Waals surface area contributed by atoms with Crippen LogP contribution >= 0.6 is 15.9 Å². The number of nitrogens with zero attached hydrogens (tertiary/aromatic N) is 1. The van der Waals surface area contributed by atoms with Gasteiger partial charge in [0.2, 0.25) is 0 Å². The number of hydrogen-bond donors (Lipinski definition) is 0. The Kier molecular flexibility index (Phi) is 5.52. The predicted octanol–water partition coefficient (Wildman–Crippen LogP) is 2.54. The smallest absolute Gasteiger partial charge is 0.0647 e. The lowest BCUT2D eigenvalue weighted by atomic mass is 10.3. The van der Waals surface area contributed by atoms with Gasteiger partial charge in [0.05, 0.1) is 6.04 Å². The third-order valence-corrected chi connectivity index (χ3v) is 1.17. The van der Waals surface area contributed by atoms with Gasteiger partial charge in [-0.3, -0.25) is 4.99 Å². The first-order valence-corrected chi connectivity index (χ1v) is 3.62. The molecule has 0 saturated heterocycles. The van der Waals surface area contributed by atoms with Crippen LogP contribution in [-0.2, 0) is 0 Å². The lowest BCUT2D eigenvalue weighted by Gasteiger charge is -1.91. The van der Waals surface area contributed by atoms with E-state index in [1.807, 2.05) is 25.2 Å². The van der Waals surface area contributed by atoms with Crippen LogP contribution in [0.3, 0.4) is 0 Å². The van der Waals surface area contributed by atoms with E-state index in [9.17, 15) is 0 Å². The highest BCUT2D eigenvalue weighted by atomic mass is 79.9. The van der Waals surface area contributed by atoms with E-state index in [0.29, 0.717) is 0 Å². The summed E-state index contributed by atoms with van der Waals surface area (Å²) in [6.45, 7) is 5.38. The third kappa shape index (κ3) is 5.50. The van der Waals surface area contributed by atoms with E-state index in [2.05, 4.69) is 27.6 Å². The van der Waals surface area contributed by atoms with Gasteiger partial charge in [0.15, 0.2) is 0 Å². The highest BCUT2D eigenvalue weighted by Crippen LogP contribution is 1.91. The van der Waals surface area contributed by atoms with Gasteiger partial charge in [0.25, 0.3) is 0 Å². The van der Waals surface area contributed by atoms with E-state index < -0.39 is 0 Å². The SMILES string of the molecule is C=NC(C)C=C/C=C/Br. The van der Waals surface area contributed by atoms with Crippen LogP contribution in [0.5, 0.6) is 0 Å². The number of allylic oxidation sites excluding steroid dienone is 2. The van der Waals surface area contributed by atoms with Crippen molar-refractivity contribution in [1.82, 2.24) is 0 Å². The molecule has 9 heavy (non-hydrogen) atoms. The number of aliphatic imine (C=N–C) groups is 1. The summed E-state index contributed by atoms with van der Waals surface area (Å²) < 4.78 is 0. The van der Waals surface area contributed by atoms with Crippen molar-refractivity contribution in [1.29, 1.82) is 0 Å². The van der Waals surface area contributed by atoms with Gasteiger partial charge in [0.1, 0.15) is 0 Å². The van der Waals surface area contributed by atoms with Gasteiger partial charge in [-0.2, -0.15) is 0 Å². The minimum absolute atomic E-state index is 0.216. The van der Waals surface area contributed by atoms with Crippen LogP contribution in [0.2, 0.25) is 0 Å². The van der Waals surface area contributed by atoms with Crippen LogP contribution in [0.25, 0.3) is 0 Å². The Morgan fingerprint density at radius 3 is 2.67 bits per heavy atom. The van der Waals surface area contributed by atoms with Crippen LogP contribution in [0.1, 0.15) is 6.92 Å². The zero-order chi connectivity index (χ0) is 7.11. The van der Waals surface area contributed by atoms with E-state index in [0.717, 1.165) is 0 Å². The maximum absolute atomic E-state index is 3.77. The van der Waals surface area contributed by atoms with Crippen LogP contribution in [0, 0.1) is 0 Å². The fourth-order valence-electron chi connectivity index (χ4n) is 0.328. The van der Waals surface area contributed by atoms with Crippen molar-refractivity contribution in [3.05, 3.63) is 23.2 Å². The topological polar surface area (TPSA) is 12.4 Å². The van der Waals surface area contributed by atoms with Gasteiger partial charge < -0.3 is 0 Å². The average Bonchev–Trinajstić information content (AvgIpc) is 1.89. The second kappa shape index (κ2) is 5.76. The molecule has 0 aliphatic heterocycles. The zero-order valence-corrected chi connectivity index (χ0v) is 7.01. The Labute approximate surface area is 64.3 Å². The van der Waals surface area contributed by atoms with Gasteiger partial charge >= 0.3 is 0 Å². The molecule has 0 bridgehead atoms. The summed E-state index contributed by atoms with van der Waals surface area (Å²) in [5.74, 6) is 0. The van der Waals surface area contributed by atoms with Crippen molar-refractivity contribution in [2.75, 3.05) is 0 Å². The molecule has 0 saturated carbocycles. The largest absolute Gasteiger partial charge is 0.294 e. The molecule has 50 valence electrons. The van der Waals surface area contributed by atoms with Crippen LogP contribution in [0.4, 0.5) is 0 Å². The first kappa shape index (κ1) is 8.63. The average molecular weight is 188 g/mol. The van der Waals surface area contributed by atoms with Crippen LogP contribution in [-0.4, -0.2) is 12.8 Å². The molecule has 0 aromatic heterocycles. The fourth-order valence-corrected chi connectivity index (χ4v) is 0.504. The Hall–Kier alpha value is -0.370. The molecule has 0 heterocycles. The van der Waals surface area contributed by atoms with Crippen molar-refractivity contribution < 1.29 is 0 Å². The van der Waals surface area contributed by atoms with Gasteiger partial charge in [-0.1, -0.05) is 34.2 Å². The van der Waals surface area contributed by atoms with Crippen molar-refractivity contribution in [2.24, 2.45) is 4.99 Å². The molecule has 0 aromatic carbocycles. The standard InChI is InChI=1S/C7H10BrN/c1-7(9-2)5-3-4-6-8/h3-7H,2H2,1H3/b5-3?,6-4+. The molecule has 1 unspecified atom stereocenters. The van der Waals surface area contributed by atoms with Crippen molar-refractivity contribution in [3.63, 3.8) is 0 Å². The lowest BCUT2D eigenvalue weighted by molar-refractivity contribution is 0.937. The third-order valence-electron chi connectivity index (χ3n) is 0.861. The van der Waals surface area contributed by atoms with E-state index in [-0.39, 0.29) is 6.04 Å². The second-order valence-electron chi connectivity index (χ2n) is 1.63. The van der Waals surface area contributed by atoms with Crippen molar-refractivity contribution in [3.8, 4) is 0 Å². The molecule has 0 N–H and O–H groups in total. The Morgan fingerprint density at radius 1 is 1.56 bits per heavy atom. The summed E-state index contributed by atoms with van der Waals surface area (Å²) in [4.78, 5) is 5.57. The molecule has 0 spiro atoms. The molecule has 0 aliphatic carbocycles. The summed E-state index contributed by atoms with van der Waals surface area (Å²) in [5, 5.41) is 0. The number of halogens is 1. The van der Waals surface area contributed by atoms with Gasteiger partial charge in [-0.25, -0.2) is 0 Å². The number of hydrogen-bond acceptors (Lipinski definition) is 1. The Morgan fingerprint density at radius 2 is 2.22 bits per heavy atom. The molecular weight excluding hydrogens is 178 g/mol. The van der Waals surface area contributed by atoms with Crippen LogP contribution in [0.15, 0.2) is 28.2 Å². The molecule has 0 aliphatic rings. The monoisotopic (exact) mass is 187 g/mol. The second-order valence-corrected chi connectivity index (χ2v) is 2.16. The number of rotatable bonds is 3. The van der Waals surface area contributed by atoms with Gasteiger partial charge in [-0.15, -0.1) is 0 Å². The minimum atomic E-state index is 0.216. The summed E-state index contributed by atoms with van der Waals surface area (Å²) in [5.41, 5.74) is 0. The Bertz CT molecular complexity index is 127. The molecule has 0 fully saturated rings. The van der Waals surface area contributed by atoms with E-state index >= 15 is 0 Å². The fraction of sp³-hybridized carbons (Fsp3) is 0.286. The summed E-state index contributed by atoms with van der Waals surface area (Å²) in [6, 6.07) is 0.216. The molecule has 1 atom stereocenters. The maximum atomic E-state index is 3.77. The molecule has 0 radical (unpaired) electrons. The first-order chi connectivity index (χ1) is 4.31. The summed E-state index contributed by atoms with van der Waals surface area (Å²) in [6.07, 6.45) is 5.78. The quantitative estimate of drug-likeness (QED) is 0.476. The summed E-state index contributed by atoms with van der Waals surface area (Å²) >= 11 is 3.14. The first-order valence-electron chi connectivity index (χ1n) is 2.70. The highest BCUT2D eigenvalue weighted by molar-refractivity contribution is 9.11. The van der Waals surface area contributed by atoms with E-state index in [1.165, 1.54) is 0 Å². The minimum Gasteiger partial charge on any atom is -0.294 e. The normalized spacial score (nSPS) is 14.9. The Balaban J connectivity index is 3.55.